The molecule has 1 saturated heterocycles. The van der Waals surface area contributed by atoms with Crippen LogP contribution in [0.5, 0.6) is 5.88 Å². The highest BCUT2D eigenvalue weighted by Crippen LogP contribution is 2.21. The van der Waals surface area contributed by atoms with Gasteiger partial charge in [0.05, 0.1) is 12.6 Å². The van der Waals surface area contributed by atoms with E-state index in [-0.39, 0.29) is 17.1 Å². The molecule has 3 rings (SSSR count). The molecule has 0 spiro atoms. The van der Waals surface area contributed by atoms with Crippen LogP contribution in [0.3, 0.4) is 0 Å². The van der Waals surface area contributed by atoms with Crippen molar-refractivity contribution in [1.82, 2.24) is 15.1 Å². The van der Waals surface area contributed by atoms with Gasteiger partial charge in [0.1, 0.15) is 0 Å². The van der Waals surface area contributed by atoms with E-state index in [1.807, 2.05) is 0 Å². The Kier molecular flexibility index (Phi) is 2.99. The van der Waals surface area contributed by atoms with E-state index < -0.39 is 0 Å². The first kappa shape index (κ1) is 11.6. The zero-order chi connectivity index (χ0) is 12.5. The van der Waals surface area contributed by atoms with Crippen molar-refractivity contribution >= 4 is 22.8 Å². The molecule has 0 aromatic carbocycles. The molecule has 1 atom stereocenters. The average molecular weight is 267 g/mol. The van der Waals surface area contributed by atoms with E-state index in [0.29, 0.717) is 24.6 Å². The Labute approximate surface area is 108 Å². The van der Waals surface area contributed by atoms with Gasteiger partial charge in [-0.1, -0.05) is 11.8 Å². The van der Waals surface area contributed by atoms with Gasteiger partial charge < -0.3 is 10.1 Å². The second kappa shape index (κ2) is 4.64. The van der Waals surface area contributed by atoms with Crippen molar-refractivity contribution in [2.45, 2.75) is 25.4 Å². The molecule has 0 saturated carbocycles. The maximum absolute atomic E-state index is 12.0. The molecule has 1 fully saturated rings. The van der Waals surface area contributed by atoms with Crippen LogP contribution in [0.2, 0.25) is 0 Å². The van der Waals surface area contributed by atoms with Crippen molar-refractivity contribution in [1.29, 1.82) is 0 Å². The maximum Gasteiger partial charge on any atom is 0.272 e. The van der Waals surface area contributed by atoms with Gasteiger partial charge in [-0.25, -0.2) is 4.68 Å². The summed E-state index contributed by atoms with van der Waals surface area (Å²) in [5, 5.41) is 6.92. The number of hydrogen-bond acceptors (Lipinski definition) is 5. The highest BCUT2D eigenvalue weighted by atomic mass is 32.2. The quantitative estimate of drug-likeness (QED) is 0.841. The van der Waals surface area contributed by atoms with Gasteiger partial charge in [-0.3, -0.25) is 9.59 Å². The molecule has 2 aliphatic rings. The first-order valence-electron chi connectivity index (χ1n) is 5.92. The van der Waals surface area contributed by atoms with Gasteiger partial charge >= 0.3 is 0 Å². The van der Waals surface area contributed by atoms with Crippen molar-refractivity contribution in [2.75, 3.05) is 12.4 Å². The van der Waals surface area contributed by atoms with Gasteiger partial charge in [0.15, 0.2) is 5.69 Å². The second-order valence-electron chi connectivity index (χ2n) is 4.28. The van der Waals surface area contributed by atoms with Gasteiger partial charge in [0.2, 0.25) is 11.0 Å². The number of carbonyl (C=O) groups is 2. The van der Waals surface area contributed by atoms with Gasteiger partial charge in [-0.05, 0) is 6.42 Å². The van der Waals surface area contributed by atoms with E-state index in [9.17, 15) is 9.59 Å². The number of hydrogen-bond donors (Lipinski definition) is 1. The lowest BCUT2D eigenvalue weighted by molar-refractivity contribution is -0.112. The smallest absolute Gasteiger partial charge is 0.272 e. The third-order valence-electron chi connectivity index (χ3n) is 2.98. The summed E-state index contributed by atoms with van der Waals surface area (Å²) in [6.45, 7) is 1.42. The molecular weight excluding hydrogens is 254 g/mol. The number of carbonyl (C=O) groups excluding carboxylic acids is 2. The van der Waals surface area contributed by atoms with Crippen LogP contribution < -0.4 is 10.1 Å². The Morgan fingerprint density at radius 1 is 1.61 bits per heavy atom. The van der Waals surface area contributed by atoms with Crippen LogP contribution in [0.15, 0.2) is 6.07 Å². The van der Waals surface area contributed by atoms with E-state index in [1.165, 1.54) is 11.8 Å². The first-order chi connectivity index (χ1) is 8.74. The number of nitrogens with zero attached hydrogens (tertiary/aromatic N) is 2. The Morgan fingerprint density at radius 2 is 2.50 bits per heavy atom. The fraction of sp³-hybridized carbons (Fsp3) is 0.545. The van der Waals surface area contributed by atoms with Crippen LogP contribution in [0.25, 0.3) is 0 Å². The third kappa shape index (κ3) is 2.10. The third-order valence-corrected chi connectivity index (χ3v) is 3.99. The standard InChI is InChI=1S/C11H13N3O3S/c15-10(12-7-2-5-18-11(7)16)8-6-9-14(13-8)3-1-4-17-9/h6-7H,1-5H2,(H,12,15)/t7-/m1/s1. The molecule has 0 bridgehead atoms. The zero-order valence-electron chi connectivity index (χ0n) is 9.72. The Balaban J connectivity index is 1.72. The molecule has 0 unspecified atom stereocenters. The molecule has 96 valence electrons. The number of aromatic nitrogens is 2. The van der Waals surface area contributed by atoms with E-state index >= 15 is 0 Å². The summed E-state index contributed by atoms with van der Waals surface area (Å²) >= 11 is 1.27. The number of aryl methyl sites for hydroxylation is 1. The molecule has 1 N–H and O–H groups in total. The molecule has 7 heteroatoms. The molecule has 1 aromatic rings. The molecular formula is C11H13N3O3S. The minimum atomic E-state index is -0.373. The zero-order valence-corrected chi connectivity index (χ0v) is 10.5. The van der Waals surface area contributed by atoms with Crippen molar-refractivity contribution in [2.24, 2.45) is 0 Å². The van der Waals surface area contributed by atoms with Gasteiger partial charge in [0, 0.05) is 24.8 Å². The largest absolute Gasteiger partial charge is 0.478 e. The van der Waals surface area contributed by atoms with Crippen LogP contribution in [0, 0.1) is 0 Å². The molecule has 3 heterocycles. The van der Waals surface area contributed by atoms with Crippen LogP contribution in [0.1, 0.15) is 23.3 Å². The molecule has 2 aliphatic heterocycles. The Bertz CT molecular complexity index is 476. The SMILES string of the molecule is O=C(N[C@@H]1CCSC1=O)c1cc2n(n1)CCCO2. The lowest BCUT2D eigenvalue weighted by Gasteiger charge is -2.13. The first-order valence-corrected chi connectivity index (χ1v) is 6.91. The van der Waals surface area contributed by atoms with Crippen molar-refractivity contribution < 1.29 is 14.3 Å². The fourth-order valence-electron chi connectivity index (χ4n) is 2.04. The van der Waals surface area contributed by atoms with Crippen LogP contribution in [0.4, 0.5) is 0 Å². The van der Waals surface area contributed by atoms with Crippen LogP contribution in [-0.2, 0) is 11.3 Å². The summed E-state index contributed by atoms with van der Waals surface area (Å²) in [6, 6.07) is 1.25. The van der Waals surface area contributed by atoms with E-state index in [4.69, 9.17) is 4.74 Å². The van der Waals surface area contributed by atoms with Gasteiger partial charge in [0.25, 0.3) is 5.91 Å². The minimum Gasteiger partial charge on any atom is -0.478 e. The summed E-state index contributed by atoms with van der Waals surface area (Å²) in [4.78, 5) is 23.4. The number of nitrogens with one attached hydrogen (secondary N) is 1. The van der Waals surface area contributed by atoms with Crippen molar-refractivity contribution in [3.8, 4) is 5.88 Å². The number of ether oxygens (including phenoxy) is 1. The predicted octanol–water partition coefficient (Wildman–Crippen LogP) is 0.427. The number of fused-ring (bicyclic) bond motifs is 1. The Morgan fingerprint density at radius 3 is 3.22 bits per heavy atom. The topological polar surface area (TPSA) is 73.2 Å². The average Bonchev–Trinajstić information content (AvgIpc) is 2.96. The molecule has 0 aliphatic carbocycles. The van der Waals surface area contributed by atoms with Crippen LogP contribution >= 0.6 is 11.8 Å². The van der Waals surface area contributed by atoms with Crippen molar-refractivity contribution in [3.63, 3.8) is 0 Å². The summed E-state index contributed by atoms with van der Waals surface area (Å²) in [6.07, 6.45) is 1.59. The van der Waals surface area contributed by atoms with Crippen molar-refractivity contribution in [3.05, 3.63) is 11.8 Å². The predicted molar refractivity (Wildman–Crippen MR) is 65.7 cm³/mol. The monoisotopic (exact) mass is 267 g/mol. The molecule has 18 heavy (non-hydrogen) atoms. The molecule has 1 amide bonds. The molecule has 1 aromatic heterocycles. The number of thioether (sulfide) groups is 1. The summed E-state index contributed by atoms with van der Waals surface area (Å²) in [5.74, 6) is 1.09. The highest BCUT2D eigenvalue weighted by Gasteiger charge is 2.28. The van der Waals surface area contributed by atoms with E-state index in [0.717, 1.165) is 18.7 Å². The summed E-state index contributed by atoms with van der Waals surface area (Å²) in [7, 11) is 0. The fourth-order valence-corrected chi connectivity index (χ4v) is 2.97. The lowest BCUT2D eigenvalue weighted by atomic mass is 10.2. The summed E-state index contributed by atoms with van der Waals surface area (Å²) < 4.78 is 7.08. The van der Waals surface area contributed by atoms with Gasteiger partial charge in [-0.2, -0.15) is 5.10 Å². The molecule has 0 radical (unpaired) electrons. The number of amides is 1. The normalized spacial score (nSPS) is 22.4. The van der Waals surface area contributed by atoms with E-state index in [1.54, 1.807) is 10.7 Å². The second-order valence-corrected chi connectivity index (χ2v) is 5.37. The van der Waals surface area contributed by atoms with Gasteiger partial charge in [-0.15, -0.1) is 0 Å². The number of rotatable bonds is 2. The lowest BCUT2D eigenvalue weighted by Crippen LogP contribution is -2.37. The highest BCUT2D eigenvalue weighted by molar-refractivity contribution is 8.14. The van der Waals surface area contributed by atoms with E-state index in [2.05, 4.69) is 10.4 Å². The maximum atomic E-state index is 12.0. The molecule has 6 nitrogen and oxygen atoms in total. The van der Waals surface area contributed by atoms with Crippen LogP contribution in [-0.4, -0.2) is 39.2 Å². The minimum absolute atomic E-state index is 0.0311. The summed E-state index contributed by atoms with van der Waals surface area (Å²) in [5.41, 5.74) is 0.316. The Hall–Kier alpha value is -1.50.